The first kappa shape index (κ1) is 20.7. The van der Waals surface area contributed by atoms with Gasteiger partial charge in [-0.25, -0.2) is 9.97 Å². The minimum absolute atomic E-state index is 0.00474. The Morgan fingerprint density at radius 3 is 2.97 bits per heavy atom. The molecule has 5 heteroatoms. The number of likely N-dealkylation sites (tertiary alicyclic amines) is 1. The average molecular weight is 419 g/mol. The van der Waals surface area contributed by atoms with Crippen LogP contribution in [0.15, 0.2) is 48.2 Å². The van der Waals surface area contributed by atoms with Crippen molar-refractivity contribution in [3.05, 3.63) is 65.0 Å². The lowest BCUT2D eigenvalue weighted by Crippen LogP contribution is -2.42. The predicted octanol–water partition coefficient (Wildman–Crippen LogP) is 4.55. The molecule has 3 aliphatic rings. The van der Waals surface area contributed by atoms with Crippen molar-refractivity contribution in [3.63, 3.8) is 0 Å². The summed E-state index contributed by atoms with van der Waals surface area (Å²) >= 11 is 0. The van der Waals surface area contributed by atoms with Gasteiger partial charge in [0, 0.05) is 31.4 Å². The number of benzene rings is 1. The summed E-state index contributed by atoms with van der Waals surface area (Å²) in [4.78, 5) is 12.3. The van der Waals surface area contributed by atoms with E-state index < -0.39 is 0 Å². The number of hydrogen-bond acceptors (Lipinski definition) is 5. The van der Waals surface area contributed by atoms with Crippen molar-refractivity contribution in [3.8, 4) is 0 Å². The van der Waals surface area contributed by atoms with Crippen molar-refractivity contribution in [2.24, 2.45) is 11.8 Å². The van der Waals surface area contributed by atoms with Gasteiger partial charge in [0.05, 0.1) is 24.3 Å². The maximum atomic E-state index is 6.04. The van der Waals surface area contributed by atoms with E-state index in [-0.39, 0.29) is 5.41 Å². The topological polar surface area (TPSA) is 50.3 Å². The summed E-state index contributed by atoms with van der Waals surface area (Å²) < 4.78 is 6.04. The van der Waals surface area contributed by atoms with Crippen molar-refractivity contribution in [1.82, 2.24) is 14.9 Å². The summed E-state index contributed by atoms with van der Waals surface area (Å²) in [7, 11) is 0. The summed E-state index contributed by atoms with van der Waals surface area (Å²) in [5.41, 5.74) is 5.17. The first-order chi connectivity index (χ1) is 15.1. The molecule has 3 atom stereocenters. The Morgan fingerprint density at radius 1 is 1.26 bits per heavy atom. The van der Waals surface area contributed by atoms with E-state index in [0.29, 0.717) is 12.5 Å². The summed E-state index contributed by atoms with van der Waals surface area (Å²) in [6.07, 6.45) is 8.09. The van der Waals surface area contributed by atoms with E-state index in [0.717, 1.165) is 56.6 Å². The van der Waals surface area contributed by atoms with Gasteiger partial charge in [-0.2, -0.15) is 0 Å². The molecule has 1 aromatic heterocycles. The van der Waals surface area contributed by atoms with Crippen LogP contribution in [0.4, 0.5) is 5.95 Å². The zero-order valence-electron chi connectivity index (χ0n) is 18.8. The van der Waals surface area contributed by atoms with E-state index in [1.54, 1.807) is 5.57 Å². The number of ether oxygens (including phenoxy) is 1. The van der Waals surface area contributed by atoms with Crippen molar-refractivity contribution in [2.45, 2.75) is 51.7 Å². The summed E-state index contributed by atoms with van der Waals surface area (Å²) in [6.45, 7) is 10.2. The largest absolute Gasteiger partial charge is 0.376 e. The number of aromatic nitrogens is 2. The van der Waals surface area contributed by atoms with Gasteiger partial charge in [0.15, 0.2) is 0 Å². The first-order valence-corrected chi connectivity index (χ1v) is 11.7. The van der Waals surface area contributed by atoms with Crippen LogP contribution in [0.2, 0.25) is 0 Å². The molecule has 5 nitrogen and oxygen atoms in total. The predicted molar refractivity (Wildman–Crippen MR) is 124 cm³/mol. The van der Waals surface area contributed by atoms with E-state index in [2.05, 4.69) is 59.4 Å². The van der Waals surface area contributed by atoms with Crippen molar-refractivity contribution >= 4 is 5.95 Å². The molecule has 0 bridgehead atoms. The highest BCUT2D eigenvalue weighted by atomic mass is 16.5. The lowest BCUT2D eigenvalue weighted by molar-refractivity contribution is 0.0497. The van der Waals surface area contributed by atoms with Crippen LogP contribution in [0.1, 0.15) is 49.9 Å². The Labute approximate surface area is 185 Å². The fraction of sp³-hybridized carbons (Fsp3) is 0.538. The van der Waals surface area contributed by atoms with Crippen molar-refractivity contribution in [2.75, 3.05) is 31.6 Å². The number of hydrogen-bond donors (Lipinski definition) is 1. The van der Waals surface area contributed by atoms with Crippen LogP contribution in [0.25, 0.3) is 0 Å². The molecule has 1 aliphatic carbocycles. The van der Waals surface area contributed by atoms with Crippen LogP contribution >= 0.6 is 0 Å². The van der Waals surface area contributed by atoms with Gasteiger partial charge in [-0.1, -0.05) is 48.9 Å². The van der Waals surface area contributed by atoms with Crippen LogP contribution in [-0.4, -0.2) is 41.1 Å². The molecular formula is C26H34N4O. The molecule has 31 heavy (non-hydrogen) atoms. The second kappa shape index (κ2) is 8.71. The van der Waals surface area contributed by atoms with Gasteiger partial charge in [0.1, 0.15) is 0 Å². The SMILES string of the molecule is CC1=CCC[C@H](C)[C@@H]1CN1CC[C@]2(COCc3cnc(NCc4ccccc4)nc32)C1. The van der Waals surface area contributed by atoms with Gasteiger partial charge >= 0.3 is 0 Å². The molecule has 2 aromatic rings. The number of anilines is 1. The zero-order chi connectivity index (χ0) is 21.3. The minimum Gasteiger partial charge on any atom is -0.376 e. The number of nitrogens with one attached hydrogen (secondary N) is 1. The van der Waals surface area contributed by atoms with Gasteiger partial charge in [0.25, 0.3) is 0 Å². The average Bonchev–Trinajstić information content (AvgIpc) is 3.19. The molecule has 3 heterocycles. The van der Waals surface area contributed by atoms with Gasteiger partial charge in [-0.05, 0) is 50.1 Å². The Bertz CT molecular complexity index is 944. The van der Waals surface area contributed by atoms with E-state index in [9.17, 15) is 0 Å². The highest BCUT2D eigenvalue weighted by molar-refractivity contribution is 5.37. The van der Waals surface area contributed by atoms with Gasteiger partial charge in [-0.15, -0.1) is 0 Å². The highest BCUT2D eigenvalue weighted by Gasteiger charge is 2.45. The van der Waals surface area contributed by atoms with Gasteiger partial charge < -0.3 is 15.0 Å². The van der Waals surface area contributed by atoms with Gasteiger partial charge in [0.2, 0.25) is 5.95 Å². The maximum absolute atomic E-state index is 6.04. The van der Waals surface area contributed by atoms with Crippen molar-refractivity contribution in [1.29, 1.82) is 0 Å². The molecule has 1 spiro atoms. The van der Waals surface area contributed by atoms with Crippen LogP contribution in [-0.2, 0) is 23.3 Å². The van der Waals surface area contributed by atoms with Crippen molar-refractivity contribution < 1.29 is 4.74 Å². The fourth-order valence-electron chi connectivity index (χ4n) is 5.66. The van der Waals surface area contributed by atoms with E-state index in [4.69, 9.17) is 9.72 Å². The summed E-state index contributed by atoms with van der Waals surface area (Å²) in [6, 6.07) is 10.4. The molecule has 2 aliphatic heterocycles. The fourth-order valence-corrected chi connectivity index (χ4v) is 5.66. The van der Waals surface area contributed by atoms with E-state index >= 15 is 0 Å². The van der Waals surface area contributed by atoms with Crippen LogP contribution in [0, 0.1) is 11.8 Å². The third-order valence-electron chi connectivity index (χ3n) is 7.54. The third-order valence-corrected chi connectivity index (χ3v) is 7.54. The Hall–Kier alpha value is -2.24. The Kier molecular flexibility index (Phi) is 5.81. The molecule has 0 amide bonds. The number of fused-ring (bicyclic) bond motifs is 2. The van der Waals surface area contributed by atoms with Crippen LogP contribution < -0.4 is 5.32 Å². The Balaban J connectivity index is 1.32. The molecule has 164 valence electrons. The van der Waals surface area contributed by atoms with E-state index in [1.165, 1.54) is 24.1 Å². The zero-order valence-corrected chi connectivity index (χ0v) is 18.8. The molecule has 1 saturated heterocycles. The van der Waals surface area contributed by atoms with Crippen LogP contribution in [0.5, 0.6) is 0 Å². The molecule has 1 N–H and O–H groups in total. The third kappa shape index (κ3) is 4.26. The number of allylic oxidation sites excluding steroid dienone is 1. The smallest absolute Gasteiger partial charge is 0.223 e. The molecule has 5 rings (SSSR count). The standard InChI is InChI=1S/C26H34N4O/c1-19-7-6-8-20(2)23(19)15-30-12-11-26(17-30)18-31-16-22-14-28-25(29-24(22)26)27-13-21-9-4-3-5-10-21/h3-5,7,9-10,14,20,23H,6,8,11-13,15-18H2,1-2H3,(H,27,28,29)/t20-,23+,26+/m0/s1. The Morgan fingerprint density at radius 2 is 2.13 bits per heavy atom. The lowest BCUT2D eigenvalue weighted by Gasteiger charge is -2.36. The monoisotopic (exact) mass is 418 g/mol. The molecule has 1 aromatic carbocycles. The molecular weight excluding hydrogens is 384 g/mol. The summed E-state index contributed by atoms with van der Waals surface area (Å²) in [5.74, 6) is 2.18. The first-order valence-electron chi connectivity index (χ1n) is 11.7. The normalized spacial score (nSPS) is 28.4. The van der Waals surface area contributed by atoms with Crippen LogP contribution in [0.3, 0.4) is 0 Å². The van der Waals surface area contributed by atoms with E-state index in [1.807, 2.05) is 12.3 Å². The number of rotatable bonds is 5. The molecule has 1 fully saturated rings. The quantitative estimate of drug-likeness (QED) is 0.722. The molecule has 0 unspecified atom stereocenters. The maximum Gasteiger partial charge on any atom is 0.223 e. The molecule has 0 saturated carbocycles. The second-order valence-electron chi connectivity index (χ2n) is 9.77. The van der Waals surface area contributed by atoms with Gasteiger partial charge in [-0.3, -0.25) is 0 Å². The lowest BCUT2D eigenvalue weighted by atomic mass is 9.79. The minimum atomic E-state index is -0.00474. The summed E-state index contributed by atoms with van der Waals surface area (Å²) in [5, 5.41) is 3.42. The molecule has 0 radical (unpaired) electrons. The highest BCUT2D eigenvalue weighted by Crippen LogP contribution is 2.40. The number of nitrogens with zero attached hydrogens (tertiary/aromatic N) is 3. The second-order valence-corrected chi connectivity index (χ2v) is 9.77.